The number of benzene rings is 1. The van der Waals surface area contributed by atoms with Gasteiger partial charge in [0.25, 0.3) is 0 Å². The number of rotatable bonds is 4. The van der Waals surface area contributed by atoms with Gasteiger partial charge < -0.3 is 4.90 Å². The largest absolute Gasteiger partial charge is 0.355 e. The van der Waals surface area contributed by atoms with Crippen LogP contribution in [0.1, 0.15) is 31.2 Å². The SMILES string of the molecule is CC(C)c1nc(Br)cc(N(C)Cc2cccc(Br)c2)n1. The first-order chi connectivity index (χ1) is 9.45. The highest BCUT2D eigenvalue weighted by Gasteiger charge is 2.10. The van der Waals surface area contributed by atoms with Gasteiger partial charge in [-0.15, -0.1) is 0 Å². The van der Waals surface area contributed by atoms with Crippen LogP contribution in [0.3, 0.4) is 0 Å². The Hall–Kier alpha value is -0.940. The van der Waals surface area contributed by atoms with Crippen LogP contribution in [0.15, 0.2) is 39.4 Å². The topological polar surface area (TPSA) is 29.0 Å². The third-order valence-electron chi connectivity index (χ3n) is 2.91. The van der Waals surface area contributed by atoms with Gasteiger partial charge in [0.1, 0.15) is 16.2 Å². The quantitative estimate of drug-likeness (QED) is 0.695. The van der Waals surface area contributed by atoms with Crippen LogP contribution >= 0.6 is 31.9 Å². The molecule has 0 saturated carbocycles. The summed E-state index contributed by atoms with van der Waals surface area (Å²) in [6.07, 6.45) is 0. The minimum atomic E-state index is 0.311. The Balaban J connectivity index is 2.22. The molecule has 0 fully saturated rings. The summed E-state index contributed by atoms with van der Waals surface area (Å²) < 4.78 is 1.92. The predicted molar refractivity (Wildman–Crippen MR) is 90.1 cm³/mol. The number of nitrogens with zero attached hydrogens (tertiary/aromatic N) is 3. The fourth-order valence-corrected chi connectivity index (χ4v) is 2.70. The van der Waals surface area contributed by atoms with Crippen molar-refractivity contribution in [2.24, 2.45) is 0 Å². The lowest BCUT2D eigenvalue weighted by Crippen LogP contribution is -2.19. The molecule has 3 nitrogen and oxygen atoms in total. The van der Waals surface area contributed by atoms with Crippen LogP contribution in [0.4, 0.5) is 5.82 Å². The van der Waals surface area contributed by atoms with E-state index in [1.54, 1.807) is 0 Å². The summed E-state index contributed by atoms with van der Waals surface area (Å²) >= 11 is 6.96. The van der Waals surface area contributed by atoms with Crippen LogP contribution in [0, 0.1) is 0 Å². The molecular weight excluding hydrogens is 382 g/mol. The number of hydrogen-bond donors (Lipinski definition) is 0. The zero-order valence-electron chi connectivity index (χ0n) is 11.8. The van der Waals surface area contributed by atoms with Crippen LogP contribution in [0.5, 0.6) is 0 Å². The average molecular weight is 399 g/mol. The second-order valence-electron chi connectivity index (χ2n) is 5.05. The molecule has 20 heavy (non-hydrogen) atoms. The Morgan fingerprint density at radius 1 is 1.15 bits per heavy atom. The number of aromatic nitrogens is 2. The first kappa shape index (κ1) is 15.4. The van der Waals surface area contributed by atoms with Crippen molar-refractivity contribution in [1.82, 2.24) is 9.97 Å². The molecule has 0 N–H and O–H groups in total. The van der Waals surface area contributed by atoms with E-state index in [0.717, 1.165) is 27.3 Å². The molecule has 0 aliphatic heterocycles. The standard InChI is InChI=1S/C15H17Br2N3/c1-10(2)15-18-13(17)8-14(19-15)20(3)9-11-5-4-6-12(16)7-11/h4-8,10H,9H2,1-3H3. The van der Waals surface area contributed by atoms with Gasteiger partial charge in [-0.25, -0.2) is 9.97 Å². The molecule has 0 aliphatic carbocycles. The van der Waals surface area contributed by atoms with Gasteiger partial charge in [-0.3, -0.25) is 0 Å². The van der Waals surface area contributed by atoms with E-state index in [4.69, 9.17) is 0 Å². The lowest BCUT2D eigenvalue weighted by Gasteiger charge is -2.19. The number of anilines is 1. The highest BCUT2D eigenvalue weighted by atomic mass is 79.9. The summed E-state index contributed by atoms with van der Waals surface area (Å²) in [7, 11) is 2.04. The Kier molecular flexibility index (Phi) is 5.16. The van der Waals surface area contributed by atoms with Crippen molar-refractivity contribution in [3.8, 4) is 0 Å². The van der Waals surface area contributed by atoms with Gasteiger partial charge in [0.2, 0.25) is 0 Å². The van der Waals surface area contributed by atoms with Crippen LogP contribution in [0.2, 0.25) is 0 Å². The van der Waals surface area contributed by atoms with Crippen LogP contribution in [0.25, 0.3) is 0 Å². The van der Waals surface area contributed by atoms with E-state index in [-0.39, 0.29) is 0 Å². The highest BCUT2D eigenvalue weighted by molar-refractivity contribution is 9.10. The van der Waals surface area contributed by atoms with Gasteiger partial charge in [0.15, 0.2) is 0 Å². The van der Waals surface area contributed by atoms with E-state index in [1.807, 2.05) is 25.2 Å². The van der Waals surface area contributed by atoms with Gasteiger partial charge in [-0.1, -0.05) is 41.9 Å². The van der Waals surface area contributed by atoms with Crippen molar-refractivity contribution in [2.75, 3.05) is 11.9 Å². The van der Waals surface area contributed by atoms with Crippen molar-refractivity contribution in [3.05, 3.63) is 50.8 Å². The maximum absolute atomic E-state index is 4.62. The van der Waals surface area contributed by atoms with E-state index in [9.17, 15) is 0 Å². The summed E-state index contributed by atoms with van der Waals surface area (Å²) in [6, 6.07) is 10.3. The van der Waals surface area contributed by atoms with Crippen molar-refractivity contribution in [1.29, 1.82) is 0 Å². The van der Waals surface area contributed by atoms with Crippen LogP contribution < -0.4 is 4.90 Å². The predicted octanol–water partition coefficient (Wildman–Crippen LogP) is 4.76. The smallest absolute Gasteiger partial charge is 0.134 e. The fraction of sp³-hybridized carbons (Fsp3) is 0.333. The molecule has 1 heterocycles. The molecule has 5 heteroatoms. The molecule has 0 bridgehead atoms. The van der Waals surface area contributed by atoms with Gasteiger partial charge in [-0.2, -0.15) is 0 Å². The maximum atomic E-state index is 4.62. The Labute approximate surface area is 136 Å². The van der Waals surface area contributed by atoms with Gasteiger partial charge in [0, 0.05) is 30.0 Å². The molecule has 0 radical (unpaired) electrons. The summed E-state index contributed by atoms with van der Waals surface area (Å²) in [4.78, 5) is 11.2. The molecular formula is C15H17Br2N3. The highest BCUT2D eigenvalue weighted by Crippen LogP contribution is 2.21. The van der Waals surface area contributed by atoms with E-state index in [2.05, 4.69) is 72.7 Å². The number of halogens is 2. The molecule has 0 spiro atoms. The molecule has 0 unspecified atom stereocenters. The molecule has 1 aromatic heterocycles. The molecule has 2 aromatic rings. The lowest BCUT2D eigenvalue weighted by molar-refractivity contribution is 0.757. The monoisotopic (exact) mass is 397 g/mol. The van der Waals surface area contributed by atoms with Gasteiger partial charge >= 0.3 is 0 Å². The van der Waals surface area contributed by atoms with Crippen LogP contribution in [-0.2, 0) is 6.54 Å². The summed E-state index contributed by atoms with van der Waals surface area (Å²) in [5, 5.41) is 0. The summed E-state index contributed by atoms with van der Waals surface area (Å²) in [6.45, 7) is 5.00. The molecule has 0 atom stereocenters. The third kappa shape index (κ3) is 4.03. The first-order valence-electron chi connectivity index (χ1n) is 6.46. The molecule has 0 amide bonds. The third-order valence-corrected chi connectivity index (χ3v) is 3.81. The van der Waals surface area contributed by atoms with E-state index in [0.29, 0.717) is 5.92 Å². The maximum Gasteiger partial charge on any atom is 0.134 e. The molecule has 0 aliphatic rings. The van der Waals surface area contributed by atoms with Crippen molar-refractivity contribution in [3.63, 3.8) is 0 Å². The van der Waals surface area contributed by atoms with Gasteiger partial charge in [-0.05, 0) is 33.6 Å². The summed E-state index contributed by atoms with van der Waals surface area (Å²) in [5.41, 5.74) is 1.24. The second-order valence-corrected chi connectivity index (χ2v) is 6.78. The Morgan fingerprint density at radius 3 is 2.55 bits per heavy atom. The zero-order valence-corrected chi connectivity index (χ0v) is 14.9. The minimum Gasteiger partial charge on any atom is -0.355 e. The lowest BCUT2D eigenvalue weighted by atomic mass is 10.2. The average Bonchev–Trinajstić information content (AvgIpc) is 2.37. The van der Waals surface area contributed by atoms with Gasteiger partial charge in [0.05, 0.1) is 0 Å². The molecule has 0 saturated heterocycles. The Bertz CT molecular complexity index is 599. The summed E-state index contributed by atoms with van der Waals surface area (Å²) in [5.74, 6) is 2.09. The molecule has 106 valence electrons. The van der Waals surface area contributed by atoms with Crippen LogP contribution in [-0.4, -0.2) is 17.0 Å². The molecule has 2 rings (SSSR count). The normalized spacial score (nSPS) is 10.9. The van der Waals surface area contributed by atoms with Crippen molar-refractivity contribution < 1.29 is 0 Å². The fourth-order valence-electron chi connectivity index (χ4n) is 1.87. The second kappa shape index (κ2) is 6.68. The first-order valence-corrected chi connectivity index (χ1v) is 8.04. The zero-order chi connectivity index (χ0) is 14.7. The molecule has 1 aromatic carbocycles. The number of hydrogen-bond acceptors (Lipinski definition) is 3. The van der Waals surface area contributed by atoms with Crippen molar-refractivity contribution in [2.45, 2.75) is 26.3 Å². The van der Waals surface area contributed by atoms with E-state index < -0.39 is 0 Å². The van der Waals surface area contributed by atoms with Crippen molar-refractivity contribution >= 4 is 37.7 Å². The Morgan fingerprint density at radius 2 is 1.90 bits per heavy atom. The minimum absolute atomic E-state index is 0.311. The van der Waals surface area contributed by atoms with E-state index in [1.165, 1.54) is 5.56 Å². The van der Waals surface area contributed by atoms with E-state index >= 15 is 0 Å².